The van der Waals surface area contributed by atoms with Gasteiger partial charge in [0.15, 0.2) is 0 Å². The molecular weight excluding hydrogens is 204 g/mol. The van der Waals surface area contributed by atoms with Crippen LogP contribution in [-0.2, 0) is 11.3 Å². The molecule has 0 spiro atoms. The van der Waals surface area contributed by atoms with E-state index in [4.69, 9.17) is 4.74 Å². The van der Waals surface area contributed by atoms with Crippen LogP contribution in [0.15, 0.2) is 42.0 Å². The second kappa shape index (κ2) is 5.03. The molecule has 1 aromatic rings. The van der Waals surface area contributed by atoms with Gasteiger partial charge in [0.25, 0.3) is 0 Å². The van der Waals surface area contributed by atoms with E-state index < -0.39 is 8.07 Å². The van der Waals surface area contributed by atoms with Gasteiger partial charge >= 0.3 is 0 Å². The third kappa shape index (κ3) is 4.21. The first kappa shape index (κ1) is 11.8. The molecule has 0 aliphatic carbocycles. The van der Waals surface area contributed by atoms with E-state index in [2.05, 4.69) is 19.6 Å². The number of ether oxygens (including phenoxy) is 1. The van der Waals surface area contributed by atoms with E-state index >= 15 is 0 Å². The van der Waals surface area contributed by atoms with E-state index in [-0.39, 0.29) is 0 Å². The van der Waals surface area contributed by atoms with Crippen LogP contribution in [-0.4, -0.2) is 13.2 Å². The van der Waals surface area contributed by atoms with Gasteiger partial charge in [0.1, 0.15) is 26.3 Å². The first-order valence-corrected chi connectivity index (χ1v) is 8.55. The highest BCUT2D eigenvalue weighted by Gasteiger charge is 2.19. The zero-order valence-electron chi connectivity index (χ0n) is 9.53. The average Bonchev–Trinajstić information content (AvgIpc) is 2.18. The SMILES string of the molecule is C[Si](C)(C)/C(O)=C\OCc1ccccc1. The minimum Gasteiger partial charge on any atom is -0.514 e. The first-order chi connectivity index (χ1) is 7.00. The van der Waals surface area contributed by atoms with Gasteiger partial charge in [0, 0.05) is 0 Å². The zero-order valence-corrected chi connectivity index (χ0v) is 10.5. The van der Waals surface area contributed by atoms with Crippen molar-refractivity contribution in [2.24, 2.45) is 0 Å². The Kier molecular flexibility index (Phi) is 3.97. The maximum atomic E-state index is 9.66. The molecule has 1 rings (SSSR count). The van der Waals surface area contributed by atoms with Crippen LogP contribution in [0.1, 0.15) is 5.56 Å². The third-order valence-corrected chi connectivity index (χ3v) is 3.71. The molecule has 0 bridgehead atoms. The molecule has 0 saturated heterocycles. The van der Waals surface area contributed by atoms with Crippen molar-refractivity contribution in [3.05, 3.63) is 47.5 Å². The van der Waals surface area contributed by atoms with Crippen molar-refractivity contribution < 1.29 is 9.84 Å². The highest BCUT2D eigenvalue weighted by Crippen LogP contribution is 2.11. The third-order valence-electron chi connectivity index (χ3n) is 2.06. The predicted octanol–water partition coefficient (Wildman–Crippen LogP) is 3.48. The topological polar surface area (TPSA) is 29.5 Å². The summed E-state index contributed by atoms with van der Waals surface area (Å²) in [5.74, 6) is 0. The fourth-order valence-corrected chi connectivity index (χ4v) is 1.40. The van der Waals surface area contributed by atoms with E-state index in [0.29, 0.717) is 12.0 Å². The van der Waals surface area contributed by atoms with Crippen LogP contribution in [0.4, 0.5) is 0 Å². The normalized spacial score (nSPS) is 12.6. The Morgan fingerprint density at radius 1 is 1.27 bits per heavy atom. The molecule has 0 saturated carbocycles. The monoisotopic (exact) mass is 222 g/mol. The van der Waals surface area contributed by atoms with Crippen molar-refractivity contribution in [2.75, 3.05) is 0 Å². The summed E-state index contributed by atoms with van der Waals surface area (Å²) in [4.78, 5) is 0. The van der Waals surface area contributed by atoms with Crippen LogP contribution >= 0.6 is 0 Å². The van der Waals surface area contributed by atoms with Crippen molar-refractivity contribution >= 4 is 8.07 Å². The maximum absolute atomic E-state index is 9.66. The van der Waals surface area contributed by atoms with Crippen molar-refractivity contribution in [2.45, 2.75) is 26.2 Å². The van der Waals surface area contributed by atoms with E-state index in [1.54, 1.807) is 0 Å². The summed E-state index contributed by atoms with van der Waals surface area (Å²) in [5, 5.41) is 10.1. The van der Waals surface area contributed by atoms with Gasteiger partial charge in [-0.05, 0) is 5.56 Å². The molecule has 1 N–H and O–H groups in total. The molecule has 0 atom stereocenters. The summed E-state index contributed by atoms with van der Waals surface area (Å²) in [6, 6.07) is 9.92. The maximum Gasteiger partial charge on any atom is 0.126 e. The lowest BCUT2D eigenvalue weighted by Crippen LogP contribution is -2.23. The molecule has 82 valence electrons. The summed E-state index contributed by atoms with van der Waals surface area (Å²) >= 11 is 0. The van der Waals surface area contributed by atoms with Crippen LogP contribution < -0.4 is 0 Å². The Morgan fingerprint density at radius 2 is 1.87 bits per heavy atom. The fraction of sp³-hybridized carbons (Fsp3) is 0.333. The fourth-order valence-electron chi connectivity index (χ4n) is 0.968. The quantitative estimate of drug-likeness (QED) is 0.624. The van der Waals surface area contributed by atoms with E-state index in [1.165, 1.54) is 6.26 Å². The summed E-state index contributed by atoms with van der Waals surface area (Å²) in [7, 11) is -1.61. The molecule has 0 aromatic heterocycles. The molecule has 0 aliphatic heterocycles. The first-order valence-electron chi connectivity index (χ1n) is 5.05. The van der Waals surface area contributed by atoms with Crippen LogP contribution in [0.5, 0.6) is 0 Å². The highest BCUT2D eigenvalue weighted by molar-refractivity contribution is 6.82. The smallest absolute Gasteiger partial charge is 0.126 e. The van der Waals surface area contributed by atoms with Crippen LogP contribution in [0, 0.1) is 0 Å². The second-order valence-electron chi connectivity index (χ2n) is 4.55. The largest absolute Gasteiger partial charge is 0.514 e. The lowest BCUT2D eigenvalue weighted by molar-refractivity contribution is 0.222. The van der Waals surface area contributed by atoms with Crippen molar-refractivity contribution in [1.29, 1.82) is 0 Å². The number of aliphatic hydroxyl groups is 1. The van der Waals surface area contributed by atoms with E-state index in [1.807, 2.05) is 30.3 Å². The van der Waals surface area contributed by atoms with E-state index in [0.717, 1.165) is 5.56 Å². The number of hydrogen-bond donors (Lipinski definition) is 1. The average molecular weight is 222 g/mol. The molecule has 0 amide bonds. The number of aliphatic hydroxyl groups excluding tert-OH is 1. The Hall–Kier alpha value is -1.22. The van der Waals surface area contributed by atoms with Gasteiger partial charge in [-0.1, -0.05) is 50.0 Å². The van der Waals surface area contributed by atoms with Crippen molar-refractivity contribution in [1.82, 2.24) is 0 Å². The molecule has 0 fully saturated rings. The Labute approximate surface area is 92.2 Å². The molecule has 0 aliphatic rings. The Bertz CT molecular complexity index is 325. The molecule has 0 unspecified atom stereocenters. The van der Waals surface area contributed by atoms with Crippen molar-refractivity contribution in [3.8, 4) is 0 Å². The van der Waals surface area contributed by atoms with Gasteiger partial charge in [-0.2, -0.15) is 0 Å². The molecule has 15 heavy (non-hydrogen) atoms. The highest BCUT2D eigenvalue weighted by atomic mass is 28.3. The standard InChI is InChI=1S/C12H18O2Si/c1-15(2,3)12(13)10-14-9-11-7-5-4-6-8-11/h4-8,10,13H,9H2,1-3H3/b12-10-. The van der Waals surface area contributed by atoms with Crippen LogP contribution in [0.3, 0.4) is 0 Å². The van der Waals surface area contributed by atoms with Gasteiger partial charge in [0.2, 0.25) is 0 Å². The molecule has 1 aromatic carbocycles. The van der Waals surface area contributed by atoms with Crippen LogP contribution in [0.2, 0.25) is 19.6 Å². The van der Waals surface area contributed by atoms with Crippen molar-refractivity contribution in [3.63, 3.8) is 0 Å². The summed E-state index contributed by atoms with van der Waals surface area (Å²) in [5.41, 5.74) is 1.11. The molecular formula is C12H18O2Si. The van der Waals surface area contributed by atoms with Gasteiger partial charge in [-0.25, -0.2) is 0 Å². The van der Waals surface area contributed by atoms with Crippen LogP contribution in [0.25, 0.3) is 0 Å². The van der Waals surface area contributed by atoms with Gasteiger partial charge in [0.05, 0.1) is 0 Å². The minimum atomic E-state index is -1.61. The number of rotatable bonds is 4. The number of benzene rings is 1. The summed E-state index contributed by atoms with van der Waals surface area (Å²) in [6.07, 6.45) is 1.49. The van der Waals surface area contributed by atoms with Gasteiger partial charge in [-0.15, -0.1) is 0 Å². The van der Waals surface area contributed by atoms with Gasteiger partial charge < -0.3 is 9.84 Å². The Morgan fingerprint density at radius 3 is 2.40 bits per heavy atom. The van der Waals surface area contributed by atoms with Gasteiger partial charge in [-0.3, -0.25) is 0 Å². The molecule has 3 heteroatoms. The molecule has 0 heterocycles. The minimum absolute atomic E-state index is 0.401. The second-order valence-corrected chi connectivity index (χ2v) is 9.56. The zero-order chi connectivity index (χ0) is 11.3. The molecule has 2 nitrogen and oxygen atoms in total. The molecule has 0 radical (unpaired) electrons. The summed E-state index contributed by atoms with van der Waals surface area (Å²) in [6.45, 7) is 6.73. The number of hydrogen-bond acceptors (Lipinski definition) is 2. The lowest BCUT2D eigenvalue weighted by atomic mass is 10.2. The lowest BCUT2D eigenvalue weighted by Gasteiger charge is -2.14. The van der Waals surface area contributed by atoms with E-state index in [9.17, 15) is 5.11 Å². The Balaban J connectivity index is 2.46. The summed E-state index contributed by atoms with van der Waals surface area (Å²) < 4.78 is 5.33. The predicted molar refractivity (Wildman–Crippen MR) is 65.3 cm³/mol.